The molecule has 2 aromatic rings. The van der Waals surface area contributed by atoms with Crippen molar-refractivity contribution in [3.63, 3.8) is 0 Å². The summed E-state index contributed by atoms with van der Waals surface area (Å²) in [7, 11) is 0. The van der Waals surface area contributed by atoms with Crippen LogP contribution >= 0.6 is 27.5 Å². The molecule has 0 aliphatic carbocycles. The van der Waals surface area contributed by atoms with Crippen LogP contribution in [0, 0.1) is 0 Å². The minimum absolute atomic E-state index is 0.0973. The van der Waals surface area contributed by atoms with Gasteiger partial charge in [-0.3, -0.25) is 4.79 Å². The molecule has 3 nitrogen and oxygen atoms in total. The molecule has 0 fully saturated rings. The van der Waals surface area contributed by atoms with Gasteiger partial charge in [0.2, 0.25) is 5.91 Å². The first-order chi connectivity index (χ1) is 10.6. The van der Waals surface area contributed by atoms with Crippen LogP contribution in [0.1, 0.15) is 17.2 Å². The van der Waals surface area contributed by atoms with Gasteiger partial charge in [0.1, 0.15) is 5.88 Å². The van der Waals surface area contributed by atoms with Crippen LogP contribution in [0.4, 0.5) is 0 Å². The second-order valence-corrected chi connectivity index (χ2v) is 6.14. The third kappa shape index (κ3) is 4.83. The van der Waals surface area contributed by atoms with E-state index in [1.807, 2.05) is 54.6 Å². The molecule has 0 radical (unpaired) electrons. The van der Waals surface area contributed by atoms with Crippen molar-refractivity contribution in [2.75, 3.05) is 12.4 Å². The fraction of sp³-hybridized carbons (Fsp3) is 0.235. The Morgan fingerprint density at radius 2 is 1.77 bits per heavy atom. The Morgan fingerprint density at radius 1 is 1.14 bits per heavy atom. The first-order valence-electron chi connectivity index (χ1n) is 6.91. The van der Waals surface area contributed by atoms with E-state index in [4.69, 9.17) is 11.6 Å². The lowest BCUT2D eigenvalue weighted by molar-refractivity contribution is -0.130. The van der Waals surface area contributed by atoms with Gasteiger partial charge in [-0.25, -0.2) is 0 Å². The molecular weight excluding hydrogens is 366 g/mol. The first kappa shape index (κ1) is 17.0. The van der Waals surface area contributed by atoms with Gasteiger partial charge in [0.05, 0.1) is 12.6 Å². The molecule has 0 unspecified atom stereocenters. The van der Waals surface area contributed by atoms with Crippen LogP contribution in [0.25, 0.3) is 0 Å². The maximum absolute atomic E-state index is 12.0. The molecule has 5 heteroatoms. The number of alkyl halides is 1. The molecule has 2 aromatic carbocycles. The zero-order valence-corrected chi connectivity index (χ0v) is 14.3. The highest BCUT2D eigenvalue weighted by Crippen LogP contribution is 2.19. The molecule has 116 valence electrons. The van der Waals surface area contributed by atoms with Crippen LogP contribution in [0.2, 0.25) is 0 Å². The van der Waals surface area contributed by atoms with E-state index in [1.165, 1.54) is 0 Å². The van der Waals surface area contributed by atoms with Gasteiger partial charge in [-0.1, -0.05) is 58.4 Å². The number of nitrogens with zero attached hydrogens (tertiary/aromatic N) is 1. The molecule has 22 heavy (non-hydrogen) atoms. The lowest BCUT2D eigenvalue weighted by atomic mass is 10.1. The van der Waals surface area contributed by atoms with Crippen molar-refractivity contribution >= 4 is 33.4 Å². The van der Waals surface area contributed by atoms with Gasteiger partial charge in [0.15, 0.2) is 0 Å². The summed E-state index contributed by atoms with van der Waals surface area (Å²) in [5.74, 6) is -0.290. The van der Waals surface area contributed by atoms with Crippen molar-refractivity contribution < 1.29 is 9.90 Å². The van der Waals surface area contributed by atoms with Crippen LogP contribution in [0.5, 0.6) is 0 Å². The second kappa shape index (κ2) is 8.32. The lowest BCUT2D eigenvalue weighted by Crippen LogP contribution is -2.35. The van der Waals surface area contributed by atoms with E-state index >= 15 is 0 Å². The summed E-state index contributed by atoms with van der Waals surface area (Å²) in [6.45, 7) is 0.641. The molecule has 0 aromatic heterocycles. The predicted octanol–water partition coefficient (Wildman–Crippen LogP) is 3.75. The van der Waals surface area contributed by atoms with Gasteiger partial charge in [0.25, 0.3) is 0 Å². The molecule has 0 aliphatic heterocycles. The quantitative estimate of drug-likeness (QED) is 0.773. The number of benzene rings is 2. The Hall–Kier alpha value is -1.36. The second-order valence-electron chi connectivity index (χ2n) is 4.96. The Morgan fingerprint density at radius 3 is 2.36 bits per heavy atom. The van der Waals surface area contributed by atoms with E-state index in [0.717, 1.165) is 15.6 Å². The summed E-state index contributed by atoms with van der Waals surface area (Å²) < 4.78 is 0.946. The van der Waals surface area contributed by atoms with Crippen molar-refractivity contribution in [1.29, 1.82) is 0 Å². The normalized spacial score (nSPS) is 12.0. The van der Waals surface area contributed by atoms with Crippen molar-refractivity contribution in [1.82, 2.24) is 4.90 Å². The first-order valence-corrected chi connectivity index (χ1v) is 8.24. The third-order valence-corrected chi connectivity index (χ3v) is 4.09. The van der Waals surface area contributed by atoms with Crippen LogP contribution in [-0.4, -0.2) is 28.3 Å². The molecule has 1 N–H and O–H groups in total. The molecule has 1 amide bonds. The molecule has 0 heterocycles. The maximum Gasteiger partial charge on any atom is 0.237 e. The Labute approximate surface area is 143 Å². The smallest absolute Gasteiger partial charge is 0.237 e. The molecular formula is C17H17BrClNO2. The number of carbonyl (C=O) groups excluding carboxylic acids is 1. The van der Waals surface area contributed by atoms with Crippen molar-refractivity contribution in [3.05, 3.63) is 70.2 Å². The number of aliphatic hydroxyl groups excluding tert-OH is 1. The van der Waals surface area contributed by atoms with Crippen molar-refractivity contribution in [2.45, 2.75) is 12.6 Å². The average molecular weight is 383 g/mol. The SMILES string of the molecule is O=C(CCl)N(Cc1ccccc1)C[C@H](O)c1ccc(Br)cc1. The van der Waals surface area contributed by atoms with Crippen LogP contribution in [0.15, 0.2) is 59.1 Å². The number of halogens is 2. The lowest BCUT2D eigenvalue weighted by Gasteiger charge is -2.25. The number of amides is 1. The van der Waals surface area contributed by atoms with E-state index < -0.39 is 6.10 Å². The summed E-state index contributed by atoms with van der Waals surface area (Å²) in [6.07, 6.45) is -0.746. The number of rotatable bonds is 6. The van der Waals surface area contributed by atoms with E-state index in [9.17, 15) is 9.90 Å². The summed E-state index contributed by atoms with van der Waals surface area (Å²) in [4.78, 5) is 13.6. The van der Waals surface area contributed by atoms with Crippen molar-refractivity contribution in [3.8, 4) is 0 Å². The minimum atomic E-state index is -0.746. The fourth-order valence-corrected chi connectivity index (χ4v) is 2.58. The topological polar surface area (TPSA) is 40.5 Å². The number of aliphatic hydroxyl groups is 1. The largest absolute Gasteiger partial charge is 0.387 e. The Kier molecular flexibility index (Phi) is 6.43. The summed E-state index contributed by atoms with van der Waals surface area (Å²) >= 11 is 9.04. The number of hydrogen-bond acceptors (Lipinski definition) is 2. The van der Waals surface area contributed by atoms with Gasteiger partial charge in [-0.2, -0.15) is 0 Å². The van der Waals surface area contributed by atoms with Gasteiger partial charge >= 0.3 is 0 Å². The maximum atomic E-state index is 12.0. The Balaban J connectivity index is 2.09. The highest BCUT2D eigenvalue weighted by Gasteiger charge is 2.18. The van der Waals surface area contributed by atoms with Gasteiger partial charge in [0, 0.05) is 11.0 Å². The third-order valence-electron chi connectivity index (χ3n) is 3.33. The van der Waals surface area contributed by atoms with Gasteiger partial charge in [-0.05, 0) is 23.3 Å². The fourth-order valence-electron chi connectivity index (χ4n) is 2.14. The minimum Gasteiger partial charge on any atom is -0.387 e. The summed E-state index contributed by atoms with van der Waals surface area (Å²) in [5, 5.41) is 10.4. The zero-order chi connectivity index (χ0) is 15.9. The van der Waals surface area contributed by atoms with E-state index in [0.29, 0.717) is 6.54 Å². The molecule has 0 spiro atoms. The van der Waals surface area contributed by atoms with E-state index in [2.05, 4.69) is 15.9 Å². The highest BCUT2D eigenvalue weighted by molar-refractivity contribution is 9.10. The van der Waals surface area contributed by atoms with E-state index in [1.54, 1.807) is 4.90 Å². The molecule has 1 atom stereocenters. The van der Waals surface area contributed by atoms with E-state index in [-0.39, 0.29) is 18.3 Å². The Bertz CT molecular complexity index is 604. The van der Waals surface area contributed by atoms with Crippen molar-refractivity contribution in [2.24, 2.45) is 0 Å². The summed E-state index contributed by atoms with van der Waals surface area (Å²) in [6, 6.07) is 17.1. The zero-order valence-electron chi connectivity index (χ0n) is 12.0. The molecule has 0 aliphatic rings. The monoisotopic (exact) mass is 381 g/mol. The van der Waals surface area contributed by atoms with Gasteiger partial charge < -0.3 is 10.0 Å². The number of carbonyl (C=O) groups is 1. The average Bonchev–Trinajstić information content (AvgIpc) is 2.55. The highest BCUT2D eigenvalue weighted by atomic mass is 79.9. The number of hydrogen-bond donors (Lipinski definition) is 1. The van der Waals surface area contributed by atoms with Crippen LogP contribution in [-0.2, 0) is 11.3 Å². The molecule has 0 saturated carbocycles. The summed E-state index contributed by atoms with van der Waals surface area (Å²) in [5.41, 5.74) is 1.77. The molecule has 0 bridgehead atoms. The van der Waals surface area contributed by atoms with Gasteiger partial charge in [-0.15, -0.1) is 11.6 Å². The molecule has 0 saturated heterocycles. The predicted molar refractivity (Wildman–Crippen MR) is 91.7 cm³/mol. The van der Waals surface area contributed by atoms with Crippen LogP contribution in [0.3, 0.4) is 0 Å². The standard InChI is InChI=1S/C17H17BrClNO2/c18-15-8-6-14(7-9-15)16(21)12-20(17(22)10-19)11-13-4-2-1-3-5-13/h1-9,16,21H,10-12H2/t16-/m0/s1. The van der Waals surface area contributed by atoms with Crippen LogP contribution < -0.4 is 0 Å². The molecule has 2 rings (SSSR count).